The Hall–Kier alpha value is -2.73. The van der Waals surface area contributed by atoms with Gasteiger partial charge in [-0.05, 0) is 51.0 Å². The van der Waals surface area contributed by atoms with E-state index >= 15 is 0 Å². The van der Waals surface area contributed by atoms with Gasteiger partial charge in [0.15, 0.2) is 5.76 Å². The second-order valence-electron chi connectivity index (χ2n) is 6.75. The lowest BCUT2D eigenvalue weighted by Crippen LogP contribution is -2.29. The fourth-order valence-electron chi connectivity index (χ4n) is 3.69. The summed E-state index contributed by atoms with van der Waals surface area (Å²) in [5.41, 5.74) is 1.07. The number of nitrogens with zero attached hydrogens (tertiary/aromatic N) is 1. The highest BCUT2D eigenvalue weighted by atomic mass is 16.5. The molecule has 0 saturated carbocycles. The number of fused-ring (bicyclic) bond motifs is 1. The number of rotatable bonds is 3. The van der Waals surface area contributed by atoms with Crippen molar-refractivity contribution in [2.45, 2.75) is 18.8 Å². The Bertz CT molecular complexity index is 861. The van der Waals surface area contributed by atoms with Crippen molar-refractivity contribution in [1.29, 1.82) is 0 Å². The number of carbonyl (C=O) groups is 1. The summed E-state index contributed by atoms with van der Waals surface area (Å²) >= 11 is 0. The Kier molecular flexibility index (Phi) is 4.20. The molecule has 0 spiro atoms. The number of phenols is 1. The summed E-state index contributed by atoms with van der Waals surface area (Å²) in [6, 6.07) is 5.01. The number of likely N-dealkylation sites (tertiary alicyclic amines) is 1. The molecule has 6 heteroatoms. The number of ether oxygens (including phenoxy) is 2. The zero-order chi connectivity index (χ0) is 18.3. The number of hydrogen-bond acceptors (Lipinski definition) is 6. The van der Waals surface area contributed by atoms with Crippen LogP contribution in [0.1, 0.15) is 40.4 Å². The van der Waals surface area contributed by atoms with E-state index in [1.165, 1.54) is 19.4 Å². The minimum Gasteiger partial charge on any atom is -0.507 e. The number of methoxy groups -OCH3 is 1. The molecule has 0 bridgehead atoms. The number of aromatic hydroxyl groups is 1. The standard InChI is InChI=1S/C20H21NO5/c1-21-7-5-12(6-8-21)17-14(22)11-15(24-2)18-19(23)16(26-20(17)18)10-13-4-3-9-25-13/h3-4,9-12,22H,5-8H2,1-2H3/b16-10-. The average Bonchev–Trinajstić information content (AvgIpc) is 3.25. The van der Waals surface area contributed by atoms with Crippen molar-refractivity contribution in [3.8, 4) is 17.2 Å². The zero-order valence-corrected chi connectivity index (χ0v) is 14.8. The third kappa shape index (κ3) is 2.76. The second kappa shape index (κ2) is 6.53. The Labute approximate surface area is 151 Å². The van der Waals surface area contributed by atoms with Crippen molar-refractivity contribution >= 4 is 11.9 Å². The van der Waals surface area contributed by atoms with Crippen molar-refractivity contribution in [2.24, 2.45) is 0 Å². The van der Waals surface area contributed by atoms with E-state index in [4.69, 9.17) is 13.9 Å². The van der Waals surface area contributed by atoms with Gasteiger partial charge in [0.2, 0.25) is 5.78 Å². The summed E-state index contributed by atoms with van der Waals surface area (Å²) in [5, 5.41) is 10.6. The van der Waals surface area contributed by atoms with Crippen LogP contribution in [0.5, 0.6) is 17.2 Å². The minimum absolute atomic E-state index is 0.113. The van der Waals surface area contributed by atoms with Crippen LogP contribution in [-0.2, 0) is 0 Å². The van der Waals surface area contributed by atoms with Crippen LogP contribution in [0.25, 0.3) is 6.08 Å². The number of allylic oxidation sites excluding steroid dienone is 1. The van der Waals surface area contributed by atoms with Crippen LogP contribution in [0.4, 0.5) is 0 Å². The van der Waals surface area contributed by atoms with Crippen molar-refractivity contribution in [2.75, 3.05) is 27.2 Å². The van der Waals surface area contributed by atoms with Crippen molar-refractivity contribution < 1.29 is 23.8 Å². The number of furan rings is 1. The molecule has 136 valence electrons. The van der Waals surface area contributed by atoms with Gasteiger partial charge in [0, 0.05) is 17.7 Å². The molecule has 1 saturated heterocycles. The van der Waals surface area contributed by atoms with Crippen molar-refractivity contribution in [3.63, 3.8) is 0 Å². The molecule has 0 radical (unpaired) electrons. The maximum Gasteiger partial charge on any atom is 0.235 e. The highest BCUT2D eigenvalue weighted by Gasteiger charge is 2.38. The normalized spacial score (nSPS) is 19.6. The summed E-state index contributed by atoms with van der Waals surface area (Å²) in [4.78, 5) is 15.2. The van der Waals surface area contributed by atoms with Crippen molar-refractivity contribution in [1.82, 2.24) is 4.90 Å². The number of Topliss-reactive ketones (excluding diaryl/α,β-unsaturated/α-hetero) is 1. The lowest BCUT2D eigenvalue weighted by atomic mass is 9.86. The quantitative estimate of drug-likeness (QED) is 0.851. The van der Waals surface area contributed by atoms with E-state index in [1.54, 1.807) is 18.2 Å². The molecule has 3 heterocycles. The molecule has 0 atom stereocenters. The number of piperidine rings is 1. The molecular formula is C20H21NO5. The molecule has 1 aromatic carbocycles. The molecule has 4 rings (SSSR count). The first-order chi connectivity index (χ1) is 12.6. The highest BCUT2D eigenvalue weighted by molar-refractivity contribution is 6.16. The third-order valence-electron chi connectivity index (χ3n) is 5.09. The fraction of sp³-hybridized carbons (Fsp3) is 0.350. The van der Waals surface area contributed by atoms with Gasteiger partial charge in [-0.3, -0.25) is 4.79 Å². The van der Waals surface area contributed by atoms with E-state index in [9.17, 15) is 9.90 Å². The number of carbonyl (C=O) groups excluding carboxylic acids is 1. The summed E-state index contributed by atoms with van der Waals surface area (Å²) in [6.07, 6.45) is 4.90. The Morgan fingerprint density at radius 1 is 1.35 bits per heavy atom. The number of benzene rings is 1. The van der Waals surface area contributed by atoms with Gasteiger partial charge in [-0.25, -0.2) is 0 Å². The molecule has 0 aliphatic carbocycles. The maximum atomic E-state index is 12.9. The largest absolute Gasteiger partial charge is 0.507 e. The Morgan fingerprint density at radius 2 is 2.12 bits per heavy atom. The van der Waals surface area contributed by atoms with Crippen LogP contribution < -0.4 is 9.47 Å². The molecule has 1 fully saturated rings. The molecule has 1 N–H and O–H groups in total. The molecule has 2 aliphatic rings. The Balaban J connectivity index is 1.79. The predicted molar refractivity (Wildman–Crippen MR) is 95.8 cm³/mol. The van der Waals surface area contributed by atoms with Gasteiger partial charge < -0.3 is 23.9 Å². The summed E-state index contributed by atoms with van der Waals surface area (Å²) < 4.78 is 16.5. The minimum atomic E-state index is -0.262. The van der Waals surface area contributed by atoms with Gasteiger partial charge in [0.05, 0.1) is 13.4 Å². The predicted octanol–water partition coefficient (Wildman–Crippen LogP) is 3.42. The summed E-state index contributed by atoms with van der Waals surface area (Å²) in [5.74, 6) is 1.44. The highest BCUT2D eigenvalue weighted by Crippen LogP contribution is 2.49. The smallest absolute Gasteiger partial charge is 0.235 e. The zero-order valence-electron chi connectivity index (χ0n) is 14.8. The van der Waals surface area contributed by atoms with Gasteiger partial charge in [-0.2, -0.15) is 0 Å². The van der Waals surface area contributed by atoms with Crippen LogP contribution in [0.2, 0.25) is 0 Å². The first-order valence-electron chi connectivity index (χ1n) is 8.68. The van der Waals surface area contributed by atoms with E-state index in [2.05, 4.69) is 11.9 Å². The summed E-state index contributed by atoms with van der Waals surface area (Å²) in [7, 11) is 3.56. The second-order valence-corrected chi connectivity index (χ2v) is 6.75. The SMILES string of the molecule is COc1cc(O)c(C2CCN(C)CC2)c2c1C(=O)/C(=C/c1ccco1)O2. The lowest BCUT2D eigenvalue weighted by molar-refractivity contribution is 0.101. The lowest BCUT2D eigenvalue weighted by Gasteiger charge is -2.30. The van der Waals surface area contributed by atoms with Gasteiger partial charge in [0.25, 0.3) is 0 Å². The fourth-order valence-corrected chi connectivity index (χ4v) is 3.69. The number of phenolic OH excluding ortho intramolecular Hbond substituents is 1. The molecule has 0 amide bonds. The molecule has 2 aliphatic heterocycles. The van der Waals surface area contributed by atoms with Crippen LogP contribution in [0.15, 0.2) is 34.6 Å². The molecule has 1 aromatic heterocycles. The Morgan fingerprint density at radius 3 is 2.77 bits per heavy atom. The van der Waals surface area contributed by atoms with Gasteiger partial charge in [0.1, 0.15) is 28.6 Å². The van der Waals surface area contributed by atoms with Crippen LogP contribution >= 0.6 is 0 Å². The van der Waals surface area contributed by atoms with Crippen LogP contribution in [0.3, 0.4) is 0 Å². The van der Waals surface area contributed by atoms with Crippen LogP contribution in [-0.4, -0.2) is 43.0 Å². The van der Waals surface area contributed by atoms with Crippen LogP contribution in [0, 0.1) is 0 Å². The number of hydrogen-bond donors (Lipinski definition) is 1. The van der Waals surface area contributed by atoms with Gasteiger partial charge in [-0.15, -0.1) is 0 Å². The molecule has 0 unspecified atom stereocenters. The van der Waals surface area contributed by atoms with E-state index in [0.29, 0.717) is 28.4 Å². The van der Waals surface area contributed by atoms with E-state index in [-0.39, 0.29) is 23.2 Å². The average molecular weight is 355 g/mol. The topological polar surface area (TPSA) is 72.1 Å². The molecular weight excluding hydrogens is 334 g/mol. The first-order valence-corrected chi connectivity index (χ1v) is 8.68. The number of ketones is 1. The van der Waals surface area contributed by atoms with Crippen molar-refractivity contribution in [3.05, 3.63) is 47.1 Å². The third-order valence-corrected chi connectivity index (χ3v) is 5.09. The molecule has 26 heavy (non-hydrogen) atoms. The van der Waals surface area contributed by atoms with E-state index < -0.39 is 0 Å². The van der Waals surface area contributed by atoms with Gasteiger partial charge in [-0.1, -0.05) is 0 Å². The van der Waals surface area contributed by atoms with E-state index in [1.807, 2.05) is 0 Å². The van der Waals surface area contributed by atoms with E-state index in [0.717, 1.165) is 25.9 Å². The monoisotopic (exact) mass is 355 g/mol. The first kappa shape index (κ1) is 16.7. The molecule has 2 aromatic rings. The summed E-state index contributed by atoms with van der Waals surface area (Å²) in [6.45, 7) is 1.88. The molecule has 6 nitrogen and oxygen atoms in total. The maximum absolute atomic E-state index is 12.9. The van der Waals surface area contributed by atoms with Gasteiger partial charge >= 0.3 is 0 Å².